The molecule has 1 aromatic heterocycles. The first-order chi connectivity index (χ1) is 5.88. The Bertz CT molecular complexity index is 213. The van der Waals surface area contributed by atoms with Gasteiger partial charge in [0.05, 0.1) is 6.04 Å². The largest absolute Gasteiger partial charge is 0.308 e. The number of pyridine rings is 1. The van der Waals surface area contributed by atoms with E-state index in [1.165, 1.54) is 0 Å². The number of hydrogen-bond acceptors (Lipinski definition) is 2. The molecule has 0 radical (unpaired) electrons. The fourth-order valence-electron chi connectivity index (χ4n) is 1.09. The highest BCUT2D eigenvalue weighted by atomic mass is 19.1. The van der Waals surface area contributed by atoms with E-state index in [2.05, 4.69) is 10.3 Å². The summed E-state index contributed by atoms with van der Waals surface area (Å²) in [6.07, 6.45) is 3.37. The first-order valence-electron chi connectivity index (χ1n) is 4.07. The van der Waals surface area contributed by atoms with E-state index in [0.29, 0.717) is 0 Å². The molecular formula is C9H13FN2. The molecule has 1 aromatic rings. The predicted molar refractivity (Wildman–Crippen MR) is 46.6 cm³/mol. The van der Waals surface area contributed by atoms with Crippen LogP contribution >= 0.6 is 0 Å². The van der Waals surface area contributed by atoms with Gasteiger partial charge in [0.15, 0.2) is 0 Å². The summed E-state index contributed by atoms with van der Waals surface area (Å²) in [5.74, 6) is 0. The van der Waals surface area contributed by atoms with Gasteiger partial charge in [0, 0.05) is 12.4 Å². The van der Waals surface area contributed by atoms with Crippen LogP contribution in [0.4, 0.5) is 4.39 Å². The van der Waals surface area contributed by atoms with Gasteiger partial charge in [0.2, 0.25) is 0 Å². The number of halogens is 1. The molecular weight excluding hydrogens is 155 g/mol. The normalized spacial score (nSPS) is 12.8. The highest BCUT2D eigenvalue weighted by Crippen LogP contribution is 2.10. The van der Waals surface area contributed by atoms with Crippen LogP contribution in [0.25, 0.3) is 0 Å². The van der Waals surface area contributed by atoms with Crippen molar-refractivity contribution in [3.05, 3.63) is 30.1 Å². The Morgan fingerprint density at radius 3 is 3.00 bits per heavy atom. The molecule has 12 heavy (non-hydrogen) atoms. The molecule has 0 saturated heterocycles. The lowest BCUT2D eigenvalue weighted by Gasteiger charge is -2.13. The quantitative estimate of drug-likeness (QED) is 0.740. The van der Waals surface area contributed by atoms with Crippen molar-refractivity contribution in [2.24, 2.45) is 0 Å². The van der Waals surface area contributed by atoms with Crippen molar-refractivity contribution in [1.82, 2.24) is 10.3 Å². The van der Waals surface area contributed by atoms with Gasteiger partial charge in [0.25, 0.3) is 0 Å². The highest BCUT2D eigenvalue weighted by molar-refractivity contribution is 5.13. The molecule has 0 spiro atoms. The lowest BCUT2D eigenvalue weighted by molar-refractivity contribution is 0.387. The Kier molecular flexibility index (Phi) is 3.67. The standard InChI is InChI=1S/C9H13FN2/c1-2-12-9(6-10)8-4-3-5-11-7-8/h3-5,7,9,12H,2,6H2,1H3. The minimum Gasteiger partial charge on any atom is -0.308 e. The van der Waals surface area contributed by atoms with Crippen molar-refractivity contribution >= 4 is 0 Å². The number of nitrogens with zero attached hydrogens (tertiary/aromatic N) is 1. The second kappa shape index (κ2) is 4.83. The van der Waals surface area contributed by atoms with Crippen LogP contribution in [0.3, 0.4) is 0 Å². The Hall–Kier alpha value is -0.960. The lowest BCUT2D eigenvalue weighted by Crippen LogP contribution is -2.22. The predicted octanol–water partition coefficient (Wildman–Crippen LogP) is 1.70. The molecule has 1 unspecified atom stereocenters. The Morgan fingerprint density at radius 2 is 2.50 bits per heavy atom. The zero-order chi connectivity index (χ0) is 8.81. The first-order valence-corrected chi connectivity index (χ1v) is 4.07. The van der Waals surface area contributed by atoms with Crippen LogP contribution in [-0.2, 0) is 0 Å². The first kappa shape index (κ1) is 9.13. The van der Waals surface area contributed by atoms with Crippen LogP contribution in [0.1, 0.15) is 18.5 Å². The van der Waals surface area contributed by atoms with Crippen molar-refractivity contribution in [2.75, 3.05) is 13.2 Å². The second-order valence-electron chi connectivity index (χ2n) is 2.55. The van der Waals surface area contributed by atoms with Gasteiger partial charge in [-0.1, -0.05) is 13.0 Å². The zero-order valence-corrected chi connectivity index (χ0v) is 7.13. The SMILES string of the molecule is CCNC(CF)c1cccnc1. The average molecular weight is 168 g/mol. The van der Waals surface area contributed by atoms with Crippen LogP contribution in [0.5, 0.6) is 0 Å². The smallest absolute Gasteiger partial charge is 0.109 e. The van der Waals surface area contributed by atoms with Gasteiger partial charge in [-0.15, -0.1) is 0 Å². The minimum atomic E-state index is -0.389. The van der Waals surface area contributed by atoms with Gasteiger partial charge in [-0.2, -0.15) is 0 Å². The molecule has 1 heterocycles. The zero-order valence-electron chi connectivity index (χ0n) is 7.13. The van der Waals surface area contributed by atoms with E-state index in [9.17, 15) is 4.39 Å². The fourth-order valence-corrected chi connectivity index (χ4v) is 1.09. The van der Waals surface area contributed by atoms with E-state index in [4.69, 9.17) is 0 Å². The van der Waals surface area contributed by atoms with E-state index in [1.54, 1.807) is 12.4 Å². The van der Waals surface area contributed by atoms with Crippen molar-refractivity contribution in [1.29, 1.82) is 0 Å². The van der Waals surface area contributed by atoms with Crippen LogP contribution in [-0.4, -0.2) is 18.2 Å². The molecule has 0 aliphatic heterocycles. The van der Waals surface area contributed by atoms with Gasteiger partial charge in [-0.05, 0) is 18.2 Å². The maximum Gasteiger partial charge on any atom is 0.109 e. The van der Waals surface area contributed by atoms with Crippen LogP contribution in [0.15, 0.2) is 24.5 Å². The summed E-state index contributed by atoms with van der Waals surface area (Å²) in [6.45, 7) is 2.34. The summed E-state index contributed by atoms with van der Waals surface area (Å²) in [6, 6.07) is 3.48. The van der Waals surface area contributed by atoms with Gasteiger partial charge < -0.3 is 5.32 Å². The molecule has 1 N–H and O–H groups in total. The van der Waals surface area contributed by atoms with E-state index >= 15 is 0 Å². The summed E-state index contributed by atoms with van der Waals surface area (Å²) in [5.41, 5.74) is 0.904. The lowest BCUT2D eigenvalue weighted by atomic mass is 10.1. The van der Waals surface area contributed by atoms with Gasteiger partial charge >= 0.3 is 0 Å². The summed E-state index contributed by atoms with van der Waals surface area (Å²) in [5, 5.41) is 3.03. The highest BCUT2D eigenvalue weighted by Gasteiger charge is 2.08. The summed E-state index contributed by atoms with van der Waals surface area (Å²) >= 11 is 0. The van der Waals surface area contributed by atoms with Crippen molar-refractivity contribution in [2.45, 2.75) is 13.0 Å². The maximum absolute atomic E-state index is 12.4. The van der Waals surface area contributed by atoms with Crippen molar-refractivity contribution < 1.29 is 4.39 Å². The fraction of sp³-hybridized carbons (Fsp3) is 0.444. The molecule has 0 aliphatic rings. The van der Waals surface area contributed by atoms with E-state index in [1.807, 2.05) is 19.1 Å². The number of hydrogen-bond donors (Lipinski definition) is 1. The molecule has 1 rings (SSSR count). The summed E-state index contributed by atoms with van der Waals surface area (Å²) in [4.78, 5) is 3.93. The molecule has 66 valence electrons. The number of aromatic nitrogens is 1. The van der Waals surface area contributed by atoms with Gasteiger partial charge in [-0.25, -0.2) is 4.39 Å². The van der Waals surface area contributed by atoms with Crippen LogP contribution in [0.2, 0.25) is 0 Å². The molecule has 0 bridgehead atoms. The van der Waals surface area contributed by atoms with Gasteiger partial charge in [0.1, 0.15) is 6.67 Å². The second-order valence-corrected chi connectivity index (χ2v) is 2.55. The molecule has 0 amide bonds. The van der Waals surface area contributed by atoms with E-state index in [-0.39, 0.29) is 12.7 Å². The molecule has 0 aromatic carbocycles. The number of nitrogens with one attached hydrogen (secondary N) is 1. The van der Waals surface area contributed by atoms with Crippen molar-refractivity contribution in [3.63, 3.8) is 0 Å². The van der Waals surface area contributed by atoms with Crippen LogP contribution in [0, 0.1) is 0 Å². The average Bonchev–Trinajstić information content (AvgIpc) is 2.15. The third kappa shape index (κ3) is 2.27. The third-order valence-electron chi connectivity index (χ3n) is 1.69. The Morgan fingerprint density at radius 1 is 1.67 bits per heavy atom. The van der Waals surface area contributed by atoms with E-state index in [0.717, 1.165) is 12.1 Å². The number of rotatable bonds is 4. The van der Waals surface area contributed by atoms with Gasteiger partial charge in [-0.3, -0.25) is 4.98 Å². The molecule has 3 heteroatoms. The van der Waals surface area contributed by atoms with Crippen LogP contribution < -0.4 is 5.32 Å². The molecule has 0 saturated carbocycles. The Balaban J connectivity index is 2.66. The monoisotopic (exact) mass is 168 g/mol. The minimum absolute atomic E-state index is 0.205. The number of alkyl halides is 1. The maximum atomic E-state index is 12.4. The third-order valence-corrected chi connectivity index (χ3v) is 1.69. The topological polar surface area (TPSA) is 24.9 Å². The molecule has 1 atom stereocenters. The molecule has 0 fully saturated rings. The Labute approximate surface area is 71.8 Å². The summed E-state index contributed by atoms with van der Waals surface area (Å²) in [7, 11) is 0. The molecule has 2 nitrogen and oxygen atoms in total. The van der Waals surface area contributed by atoms with E-state index < -0.39 is 0 Å². The molecule has 0 aliphatic carbocycles. The van der Waals surface area contributed by atoms with Crippen molar-refractivity contribution in [3.8, 4) is 0 Å². The summed E-state index contributed by atoms with van der Waals surface area (Å²) < 4.78 is 12.4.